The molecule has 3 heterocycles. The second kappa shape index (κ2) is 5.51. The van der Waals surface area contributed by atoms with Crippen LogP contribution in [0.4, 0.5) is 5.82 Å². The van der Waals surface area contributed by atoms with Gasteiger partial charge < -0.3 is 10.1 Å². The number of benzene rings is 1. The summed E-state index contributed by atoms with van der Waals surface area (Å²) in [5, 5.41) is 15.1. The molecule has 1 aliphatic rings. The summed E-state index contributed by atoms with van der Waals surface area (Å²) in [6.07, 6.45) is 4.07. The number of aryl methyl sites for hydroxylation is 1. The number of hydrogen-bond acceptors (Lipinski definition) is 4. The predicted molar refractivity (Wildman–Crippen MR) is 84.7 cm³/mol. The third-order valence-electron chi connectivity index (χ3n) is 4.19. The van der Waals surface area contributed by atoms with Crippen LogP contribution in [0.3, 0.4) is 0 Å². The number of anilines is 1. The molecule has 0 spiro atoms. The Hall–Kier alpha value is -2.67. The Labute approximate surface area is 132 Å². The Kier molecular flexibility index (Phi) is 3.34. The number of carbonyl (C=O) groups is 1. The summed E-state index contributed by atoms with van der Waals surface area (Å²) in [6, 6.07) is 7.70. The zero-order chi connectivity index (χ0) is 15.8. The van der Waals surface area contributed by atoms with E-state index in [0.29, 0.717) is 18.8 Å². The quantitative estimate of drug-likeness (QED) is 0.775. The maximum Gasteiger partial charge on any atom is 0.231 e. The minimum absolute atomic E-state index is 0.0754. The van der Waals surface area contributed by atoms with Crippen molar-refractivity contribution in [2.24, 2.45) is 13.0 Å². The summed E-state index contributed by atoms with van der Waals surface area (Å²) in [5.74, 6) is 0.241. The van der Waals surface area contributed by atoms with Crippen LogP contribution in [0.25, 0.3) is 10.9 Å². The third kappa shape index (κ3) is 2.49. The topological polar surface area (TPSA) is 84.8 Å². The number of H-pyrrole nitrogens is 1. The Morgan fingerprint density at radius 3 is 3.13 bits per heavy atom. The van der Waals surface area contributed by atoms with E-state index in [9.17, 15) is 4.79 Å². The molecular formula is C16H17N5O2. The van der Waals surface area contributed by atoms with Crippen molar-refractivity contribution in [2.45, 2.75) is 12.5 Å². The van der Waals surface area contributed by atoms with Crippen LogP contribution in [0.2, 0.25) is 0 Å². The van der Waals surface area contributed by atoms with Crippen molar-refractivity contribution in [3.05, 3.63) is 42.2 Å². The number of rotatable bonds is 3. The molecule has 2 N–H and O–H groups in total. The molecule has 23 heavy (non-hydrogen) atoms. The molecule has 1 aromatic carbocycles. The fourth-order valence-corrected chi connectivity index (χ4v) is 3.04. The molecule has 0 unspecified atom stereocenters. The first-order valence-electron chi connectivity index (χ1n) is 7.56. The van der Waals surface area contributed by atoms with Gasteiger partial charge in [0.2, 0.25) is 5.91 Å². The Morgan fingerprint density at radius 2 is 2.30 bits per heavy atom. The lowest BCUT2D eigenvalue weighted by Gasteiger charge is -2.16. The summed E-state index contributed by atoms with van der Waals surface area (Å²) in [4.78, 5) is 12.7. The summed E-state index contributed by atoms with van der Waals surface area (Å²) in [6.45, 7) is 0.568. The zero-order valence-electron chi connectivity index (χ0n) is 12.7. The lowest BCUT2D eigenvalue weighted by Crippen LogP contribution is -2.25. The Balaban J connectivity index is 1.56. The molecule has 1 aliphatic heterocycles. The van der Waals surface area contributed by atoms with Crippen molar-refractivity contribution < 1.29 is 9.53 Å². The van der Waals surface area contributed by atoms with Crippen LogP contribution in [0, 0.1) is 5.92 Å². The van der Waals surface area contributed by atoms with Crippen LogP contribution in [0.1, 0.15) is 18.1 Å². The molecule has 0 saturated carbocycles. The van der Waals surface area contributed by atoms with E-state index in [1.165, 1.54) is 0 Å². The van der Waals surface area contributed by atoms with Crippen molar-refractivity contribution in [3.63, 3.8) is 0 Å². The van der Waals surface area contributed by atoms with Crippen molar-refractivity contribution >= 4 is 22.6 Å². The SMILES string of the molecule is Cn1cc([C@H]2OCC[C@@H]2C(=O)Nc2n[nH]c3ccccc23)cn1. The highest BCUT2D eigenvalue weighted by atomic mass is 16.5. The van der Waals surface area contributed by atoms with E-state index in [2.05, 4.69) is 20.6 Å². The maximum absolute atomic E-state index is 12.7. The molecular weight excluding hydrogens is 294 g/mol. The minimum atomic E-state index is -0.256. The lowest BCUT2D eigenvalue weighted by atomic mass is 9.96. The molecule has 2 atom stereocenters. The van der Waals surface area contributed by atoms with Crippen molar-refractivity contribution in [3.8, 4) is 0 Å². The van der Waals surface area contributed by atoms with Gasteiger partial charge >= 0.3 is 0 Å². The first-order valence-corrected chi connectivity index (χ1v) is 7.56. The second-order valence-electron chi connectivity index (χ2n) is 5.74. The molecule has 0 bridgehead atoms. The van der Waals surface area contributed by atoms with Crippen molar-refractivity contribution in [1.82, 2.24) is 20.0 Å². The highest BCUT2D eigenvalue weighted by Crippen LogP contribution is 2.35. The minimum Gasteiger partial charge on any atom is -0.373 e. The highest BCUT2D eigenvalue weighted by molar-refractivity contribution is 6.00. The molecule has 2 aromatic heterocycles. The molecule has 1 fully saturated rings. The molecule has 7 nitrogen and oxygen atoms in total. The number of aromatic nitrogens is 4. The largest absolute Gasteiger partial charge is 0.373 e. The van der Waals surface area contributed by atoms with Crippen LogP contribution >= 0.6 is 0 Å². The summed E-state index contributed by atoms with van der Waals surface area (Å²) >= 11 is 0. The zero-order valence-corrected chi connectivity index (χ0v) is 12.7. The van der Waals surface area contributed by atoms with E-state index in [1.54, 1.807) is 10.9 Å². The van der Waals surface area contributed by atoms with E-state index in [0.717, 1.165) is 16.5 Å². The number of aromatic amines is 1. The standard InChI is InChI=1S/C16H17N5O2/c1-21-9-10(8-17-21)14-12(6-7-23-14)16(22)18-15-11-4-2-3-5-13(11)19-20-15/h2-5,8-9,12,14H,6-7H2,1H3,(H2,18,19,20,22)/t12-,14+/m0/s1. The Bertz CT molecular complexity index is 853. The van der Waals surface area contributed by atoms with E-state index in [4.69, 9.17) is 4.74 Å². The number of nitrogens with one attached hydrogen (secondary N) is 2. The average Bonchev–Trinajstić information content (AvgIpc) is 3.26. The molecule has 0 radical (unpaired) electrons. The highest BCUT2D eigenvalue weighted by Gasteiger charge is 2.36. The van der Waals surface area contributed by atoms with Gasteiger partial charge in [0.1, 0.15) is 0 Å². The van der Waals surface area contributed by atoms with Crippen molar-refractivity contribution in [2.75, 3.05) is 11.9 Å². The molecule has 1 amide bonds. The normalized spacial score (nSPS) is 20.9. The number of ether oxygens (including phenoxy) is 1. The third-order valence-corrected chi connectivity index (χ3v) is 4.19. The number of hydrogen-bond donors (Lipinski definition) is 2. The van der Waals surface area contributed by atoms with Gasteiger partial charge in [-0.2, -0.15) is 10.2 Å². The first-order chi connectivity index (χ1) is 11.2. The fraction of sp³-hybridized carbons (Fsp3) is 0.312. The number of carbonyl (C=O) groups excluding carboxylic acids is 1. The Morgan fingerprint density at radius 1 is 1.43 bits per heavy atom. The lowest BCUT2D eigenvalue weighted by molar-refractivity contribution is -0.121. The molecule has 1 saturated heterocycles. The van der Waals surface area contributed by atoms with Gasteiger partial charge in [-0.1, -0.05) is 12.1 Å². The number of fused-ring (bicyclic) bond motifs is 1. The van der Waals surface area contributed by atoms with E-state index >= 15 is 0 Å². The van der Waals surface area contributed by atoms with Crippen LogP contribution in [-0.2, 0) is 16.6 Å². The fourth-order valence-electron chi connectivity index (χ4n) is 3.04. The molecule has 0 aliphatic carbocycles. The van der Waals surface area contributed by atoms with Crippen LogP contribution in [0.5, 0.6) is 0 Å². The monoisotopic (exact) mass is 311 g/mol. The predicted octanol–water partition coefficient (Wildman–Crippen LogP) is 2.01. The average molecular weight is 311 g/mol. The summed E-state index contributed by atoms with van der Waals surface area (Å²) in [5.41, 5.74) is 1.83. The van der Waals surface area contributed by atoms with Gasteiger partial charge in [-0.25, -0.2) is 0 Å². The first kappa shape index (κ1) is 14.0. The smallest absolute Gasteiger partial charge is 0.231 e. The van der Waals surface area contributed by atoms with Gasteiger partial charge in [0.15, 0.2) is 5.82 Å². The number of nitrogens with zero attached hydrogens (tertiary/aromatic N) is 3. The van der Waals surface area contributed by atoms with E-state index in [1.807, 2.05) is 37.5 Å². The van der Waals surface area contributed by atoms with Gasteiger partial charge in [-0.05, 0) is 18.6 Å². The molecule has 3 aromatic rings. The molecule has 4 rings (SSSR count). The second-order valence-corrected chi connectivity index (χ2v) is 5.74. The van der Waals surface area contributed by atoms with Crippen LogP contribution in [-0.4, -0.2) is 32.5 Å². The van der Waals surface area contributed by atoms with Gasteiger partial charge in [0.25, 0.3) is 0 Å². The van der Waals surface area contributed by atoms with E-state index in [-0.39, 0.29) is 17.9 Å². The van der Waals surface area contributed by atoms with Crippen LogP contribution < -0.4 is 5.32 Å². The van der Waals surface area contributed by atoms with Gasteiger partial charge in [-0.3, -0.25) is 14.6 Å². The van der Waals surface area contributed by atoms with Crippen molar-refractivity contribution in [1.29, 1.82) is 0 Å². The van der Waals surface area contributed by atoms with Gasteiger partial charge in [0, 0.05) is 30.8 Å². The van der Waals surface area contributed by atoms with Gasteiger partial charge in [-0.15, -0.1) is 0 Å². The maximum atomic E-state index is 12.7. The number of amides is 1. The number of para-hydroxylation sites is 1. The summed E-state index contributed by atoms with van der Waals surface area (Å²) in [7, 11) is 1.85. The summed E-state index contributed by atoms with van der Waals surface area (Å²) < 4.78 is 7.47. The van der Waals surface area contributed by atoms with Crippen LogP contribution in [0.15, 0.2) is 36.7 Å². The molecule has 7 heteroatoms. The molecule has 118 valence electrons. The van der Waals surface area contributed by atoms with E-state index < -0.39 is 0 Å². The van der Waals surface area contributed by atoms with Gasteiger partial charge in [0.05, 0.1) is 23.7 Å².